The lowest BCUT2D eigenvalue weighted by molar-refractivity contribution is -0.136. The number of halogens is 1. The van der Waals surface area contributed by atoms with Crippen molar-refractivity contribution in [3.63, 3.8) is 0 Å². The fraction of sp³-hybridized carbons (Fsp3) is 0.0556. The maximum atomic E-state index is 13.0. The lowest BCUT2D eigenvalue weighted by Crippen LogP contribution is -2.12. The highest BCUT2D eigenvalue weighted by Crippen LogP contribution is 2.22. The number of ether oxygens (including phenoxy) is 1. The number of thiazole rings is 1. The van der Waals surface area contributed by atoms with E-state index in [2.05, 4.69) is 4.98 Å². The number of esters is 1. The highest BCUT2D eigenvalue weighted by atomic mass is 32.1. The molecule has 3 rings (SSSR count). The Balaban J connectivity index is 1.58. The molecule has 0 bridgehead atoms. The molecular formula is C18H12FNO3S. The van der Waals surface area contributed by atoms with E-state index in [1.54, 1.807) is 6.08 Å². The number of aromatic nitrogens is 1. The third kappa shape index (κ3) is 3.91. The fourth-order valence-electron chi connectivity index (χ4n) is 2.03. The van der Waals surface area contributed by atoms with Gasteiger partial charge in [-0.05, 0) is 30.3 Å². The first-order chi connectivity index (χ1) is 11.6. The van der Waals surface area contributed by atoms with E-state index in [1.807, 2.05) is 24.3 Å². The number of carbonyl (C=O) groups excluding carboxylic acids is 2. The minimum atomic E-state index is -0.654. The van der Waals surface area contributed by atoms with Crippen LogP contribution in [0.4, 0.5) is 4.39 Å². The predicted octanol–water partition coefficient (Wildman–Crippen LogP) is 3.87. The van der Waals surface area contributed by atoms with Crippen LogP contribution < -0.4 is 0 Å². The third-order valence-electron chi connectivity index (χ3n) is 3.16. The number of benzene rings is 2. The van der Waals surface area contributed by atoms with Gasteiger partial charge in [0.05, 0.1) is 10.2 Å². The molecule has 24 heavy (non-hydrogen) atoms. The molecule has 0 atom stereocenters. The van der Waals surface area contributed by atoms with E-state index in [1.165, 1.54) is 35.6 Å². The molecule has 0 aliphatic carbocycles. The molecule has 0 unspecified atom stereocenters. The van der Waals surface area contributed by atoms with Crippen LogP contribution in [0.3, 0.4) is 0 Å². The zero-order valence-electron chi connectivity index (χ0n) is 12.4. The number of carbonyl (C=O) groups is 2. The minimum absolute atomic E-state index is 0.165. The Bertz CT molecular complexity index is 900. The summed E-state index contributed by atoms with van der Waals surface area (Å²) in [6.07, 6.45) is 2.76. The zero-order chi connectivity index (χ0) is 16.9. The van der Waals surface area contributed by atoms with E-state index in [4.69, 9.17) is 4.74 Å². The maximum absolute atomic E-state index is 13.0. The summed E-state index contributed by atoms with van der Waals surface area (Å²) in [4.78, 5) is 27.8. The van der Waals surface area contributed by atoms with Crippen molar-refractivity contribution < 1.29 is 18.7 Å². The zero-order valence-corrected chi connectivity index (χ0v) is 13.3. The van der Waals surface area contributed by atoms with Crippen LogP contribution in [0.5, 0.6) is 0 Å². The molecule has 0 saturated carbocycles. The molecule has 0 amide bonds. The minimum Gasteiger partial charge on any atom is -0.454 e. The number of nitrogens with zero attached hydrogens (tertiary/aromatic N) is 1. The molecule has 0 radical (unpaired) electrons. The van der Waals surface area contributed by atoms with Crippen molar-refractivity contribution in [3.05, 3.63) is 71.0 Å². The number of ketones is 1. The maximum Gasteiger partial charge on any atom is 0.331 e. The summed E-state index contributed by atoms with van der Waals surface area (Å²) >= 11 is 1.45. The van der Waals surface area contributed by atoms with Gasteiger partial charge in [-0.15, -0.1) is 11.3 Å². The summed E-state index contributed by atoms with van der Waals surface area (Å²) in [5.74, 6) is -1.63. The Morgan fingerprint density at radius 3 is 2.79 bits per heavy atom. The van der Waals surface area contributed by atoms with E-state index in [0.29, 0.717) is 5.01 Å². The van der Waals surface area contributed by atoms with Crippen molar-refractivity contribution in [1.29, 1.82) is 0 Å². The number of hydrogen-bond donors (Lipinski definition) is 0. The van der Waals surface area contributed by atoms with Crippen LogP contribution in [0.15, 0.2) is 54.6 Å². The quantitative estimate of drug-likeness (QED) is 0.401. The van der Waals surface area contributed by atoms with Crippen molar-refractivity contribution in [3.8, 4) is 0 Å². The van der Waals surface area contributed by atoms with Gasteiger partial charge in [-0.25, -0.2) is 14.2 Å². The lowest BCUT2D eigenvalue weighted by atomic mass is 10.1. The molecule has 1 aromatic heterocycles. The smallest absolute Gasteiger partial charge is 0.331 e. The standard InChI is InChI=1S/C18H12FNO3S/c19-13-5-3-4-12(10-13)15(21)11-23-18(22)9-8-17-20-14-6-1-2-7-16(14)24-17/h1-10H,11H2/b9-8+. The second-order valence-electron chi connectivity index (χ2n) is 4.89. The summed E-state index contributed by atoms with van der Waals surface area (Å²) in [6, 6.07) is 12.9. The molecule has 0 N–H and O–H groups in total. The average molecular weight is 341 g/mol. The second-order valence-corrected chi connectivity index (χ2v) is 5.96. The van der Waals surface area contributed by atoms with E-state index >= 15 is 0 Å². The van der Waals surface area contributed by atoms with E-state index in [0.717, 1.165) is 16.3 Å². The molecule has 0 aliphatic heterocycles. The van der Waals surface area contributed by atoms with Crippen LogP contribution in [-0.4, -0.2) is 23.3 Å². The van der Waals surface area contributed by atoms with Crippen LogP contribution in [0.2, 0.25) is 0 Å². The molecule has 0 fully saturated rings. The Hall–Kier alpha value is -2.86. The predicted molar refractivity (Wildman–Crippen MR) is 90.3 cm³/mol. The highest BCUT2D eigenvalue weighted by molar-refractivity contribution is 7.19. The summed E-state index contributed by atoms with van der Waals surface area (Å²) in [5.41, 5.74) is 1.02. The largest absolute Gasteiger partial charge is 0.454 e. The topological polar surface area (TPSA) is 56.3 Å². The normalized spacial score (nSPS) is 11.0. The number of para-hydroxylation sites is 1. The molecule has 6 heteroatoms. The molecule has 2 aromatic carbocycles. The molecule has 3 aromatic rings. The van der Waals surface area contributed by atoms with Crippen molar-refractivity contribution in [2.24, 2.45) is 0 Å². The Labute approximate surface area is 141 Å². The number of Topliss-reactive ketones (excluding diaryl/α,β-unsaturated/α-hetero) is 1. The molecule has 4 nitrogen and oxygen atoms in total. The van der Waals surface area contributed by atoms with Gasteiger partial charge >= 0.3 is 5.97 Å². The van der Waals surface area contributed by atoms with Crippen molar-refractivity contribution in [2.45, 2.75) is 0 Å². The summed E-state index contributed by atoms with van der Waals surface area (Å²) in [6.45, 7) is -0.438. The highest BCUT2D eigenvalue weighted by Gasteiger charge is 2.09. The lowest BCUT2D eigenvalue weighted by Gasteiger charge is -2.01. The van der Waals surface area contributed by atoms with Gasteiger partial charge in [0.1, 0.15) is 10.8 Å². The summed E-state index contributed by atoms with van der Waals surface area (Å²) in [5, 5.41) is 0.671. The monoisotopic (exact) mass is 341 g/mol. The van der Waals surface area contributed by atoms with Gasteiger partial charge in [0.2, 0.25) is 0 Å². The molecule has 1 heterocycles. The van der Waals surface area contributed by atoms with E-state index < -0.39 is 24.2 Å². The van der Waals surface area contributed by atoms with Crippen LogP contribution in [-0.2, 0) is 9.53 Å². The first kappa shape index (κ1) is 16.0. The SMILES string of the molecule is O=C(/C=C/c1nc2ccccc2s1)OCC(=O)c1cccc(F)c1. The van der Waals surface area contributed by atoms with Gasteiger partial charge in [-0.3, -0.25) is 4.79 Å². The fourth-order valence-corrected chi connectivity index (χ4v) is 2.90. The number of hydrogen-bond acceptors (Lipinski definition) is 5. The van der Waals surface area contributed by atoms with E-state index in [9.17, 15) is 14.0 Å². The van der Waals surface area contributed by atoms with Crippen LogP contribution in [0.25, 0.3) is 16.3 Å². The first-order valence-electron chi connectivity index (χ1n) is 7.11. The molecular weight excluding hydrogens is 329 g/mol. The van der Waals surface area contributed by atoms with Gasteiger partial charge in [0.15, 0.2) is 12.4 Å². The molecule has 0 spiro atoms. The molecule has 0 saturated heterocycles. The van der Waals surface area contributed by atoms with Gasteiger partial charge < -0.3 is 4.74 Å². The van der Waals surface area contributed by atoms with Crippen molar-refractivity contribution in [2.75, 3.05) is 6.61 Å². The molecule has 0 aliphatic rings. The van der Waals surface area contributed by atoms with Crippen LogP contribution in [0, 0.1) is 5.82 Å². The second kappa shape index (κ2) is 7.14. The number of rotatable bonds is 5. The van der Waals surface area contributed by atoms with E-state index in [-0.39, 0.29) is 5.56 Å². The third-order valence-corrected chi connectivity index (χ3v) is 4.17. The van der Waals surface area contributed by atoms with Crippen LogP contribution in [0.1, 0.15) is 15.4 Å². The Morgan fingerprint density at radius 1 is 1.17 bits per heavy atom. The Kier molecular flexibility index (Phi) is 4.77. The van der Waals surface area contributed by atoms with Gasteiger partial charge in [0, 0.05) is 11.6 Å². The van der Waals surface area contributed by atoms with Gasteiger partial charge in [0.25, 0.3) is 0 Å². The summed E-state index contributed by atoms with van der Waals surface area (Å²) in [7, 11) is 0. The van der Waals surface area contributed by atoms with Crippen molar-refractivity contribution >= 4 is 39.4 Å². The average Bonchev–Trinajstić information content (AvgIpc) is 3.00. The van der Waals surface area contributed by atoms with Gasteiger partial charge in [-0.1, -0.05) is 24.3 Å². The van der Waals surface area contributed by atoms with Crippen molar-refractivity contribution in [1.82, 2.24) is 4.98 Å². The van der Waals surface area contributed by atoms with Crippen LogP contribution >= 0.6 is 11.3 Å². The Morgan fingerprint density at radius 2 is 2.00 bits per heavy atom. The summed E-state index contributed by atoms with van der Waals surface area (Å²) < 4.78 is 18.9. The number of fused-ring (bicyclic) bond motifs is 1. The van der Waals surface area contributed by atoms with Gasteiger partial charge in [-0.2, -0.15) is 0 Å². The molecule has 120 valence electrons. The first-order valence-corrected chi connectivity index (χ1v) is 7.92.